The minimum Gasteiger partial charge on any atom is -0.366 e. The molecule has 0 aromatic carbocycles. The molecule has 2 aromatic rings. The Morgan fingerprint density at radius 2 is 2.05 bits per heavy atom. The summed E-state index contributed by atoms with van der Waals surface area (Å²) < 4.78 is 1.79. The number of anilines is 1. The number of nitrogens with one attached hydrogen (secondary N) is 1. The van der Waals surface area contributed by atoms with Crippen molar-refractivity contribution < 1.29 is 0 Å². The number of fused-ring (bicyclic) bond motifs is 1. The fourth-order valence-electron chi connectivity index (χ4n) is 2.96. The van der Waals surface area contributed by atoms with Crippen LogP contribution in [-0.4, -0.2) is 25.8 Å². The molecule has 0 radical (unpaired) electrons. The summed E-state index contributed by atoms with van der Waals surface area (Å²) >= 11 is 0. The van der Waals surface area contributed by atoms with Crippen molar-refractivity contribution in [1.29, 1.82) is 0 Å². The molecule has 19 heavy (non-hydrogen) atoms. The van der Waals surface area contributed by atoms with E-state index in [-0.39, 0.29) is 0 Å². The van der Waals surface area contributed by atoms with Crippen LogP contribution in [0.4, 0.5) is 5.82 Å². The zero-order valence-corrected chi connectivity index (χ0v) is 11.6. The Morgan fingerprint density at radius 3 is 2.95 bits per heavy atom. The molecule has 2 heterocycles. The molecule has 1 fully saturated rings. The van der Waals surface area contributed by atoms with Crippen LogP contribution in [0.15, 0.2) is 12.5 Å². The van der Waals surface area contributed by atoms with E-state index in [4.69, 9.17) is 0 Å². The van der Waals surface area contributed by atoms with Gasteiger partial charge < -0.3 is 5.32 Å². The second kappa shape index (κ2) is 5.15. The standard InChI is InChI=1S/C14H21N5/c1-10-6-4-3-5-7-12(10)18-13-11-8-17-19(2)14(11)16-9-15-13/h8-10,12H,3-7H2,1-2H3,(H,15,16,18). The van der Waals surface area contributed by atoms with Gasteiger partial charge in [0.2, 0.25) is 0 Å². The molecule has 1 N–H and O–H groups in total. The molecule has 1 aliphatic rings. The lowest BCUT2D eigenvalue weighted by Crippen LogP contribution is -2.26. The van der Waals surface area contributed by atoms with Crippen molar-refractivity contribution in [2.24, 2.45) is 13.0 Å². The molecule has 1 saturated carbocycles. The summed E-state index contributed by atoms with van der Waals surface area (Å²) in [5.41, 5.74) is 0.888. The summed E-state index contributed by atoms with van der Waals surface area (Å²) in [6.45, 7) is 2.34. The third-order valence-electron chi connectivity index (χ3n) is 4.21. The average molecular weight is 259 g/mol. The van der Waals surface area contributed by atoms with Gasteiger partial charge in [0.1, 0.15) is 12.1 Å². The van der Waals surface area contributed by atoms with Crippen molar-refractivity contribution in [1.82, 2.24) is 19.7 Å². The number of rotatable bonds is 2. The van der Waals surface area contributed by atoms with Crippen LogP contribution in [0.25, 0.3) is 11.0 Å². The highest BCUT2D eigenvalue weighted by Crippen LogP contribution is 2.27. The molecule has 2 aromatic heterocycles. The average Bonchev–Trinajstić information content (AvgIpc) is 2.67. The first-order valence-electron chi connectivity index (χ1n) is 7.15. The molecule has 2 atom stereocenters. The molecule has 3 rings (SSSR count). The minimum absolute atomic E-state index is 0.515. The van der Waals surface area contributed by atoms with E-state index in [1.807, 2.05) is 13.2 Å². The summed E-state index contributed by atoms with van der Waals surface area (Å²) in [6.07, 6.45) is 10.0. The number of nitrogens with zero attached hydrogens (tertiary/aromatic N) is 4. The van der Waals surface area contributed by atoms with Crippen LogP contribution >= 0.6 is 0 Å². The second-order valence-electron chi connectivity index (χ2n) is 5.59. The summed E-state index contributed by atoms with van der Waals surface area (Å²) in [5, 5.41) is 8.90. The monoisotopic (exact) mass is 259 g/mol. The number of hydrogen-bond donors (Lipinski definition) is 1. The van der Waals surface area contributed by atoms with Gasteiger partial charge in [-0.1, -0.05) is 26.2 Å². The first kappa shape index (κ1) is 12.4. The molecular formula is C14H21N5. The first-order valence-corrected chi connectivity index (χ1v) is 7.15. The van der Waals surface area contributed by atoms with Crippen LogP contribution in [0.3, 0.4) is 0 Å². The van der Waals surface area contributed by atoms with E-state index >= 15 is 0 Å². The van der Waals surface area contributed by atoms with Crippen LogP contribution in [0.1, 0.15) is 39.0 Å². The predicted molar refractivity (Wildman–Crippen MR) is 76.0 cm³/mol. The smallest absolute Gasteiger partial charge is 0.163 e. The zero-order chi connectivity index (χ0) is 13.2. The molecular weight excluding hydrogens is 238 g/mol. The molecule has 0 amide bonds. The Labute approximate surface area is 113 Å². The zero-order valence-electron chi connectivity index (χ0n) is 11.6. The lowest BCUT2D eigenvalue weighted by atomic mass is 9.97. The van der Waals surface area contributed by atoms with Crippen LogP contribution in [0.2, 0.25) is 0 Å². The van der Waals surface area contributed by atoms with Gasteiger partial charge in [0.15, 0.2) is 5.65 Å². The highest BCUT2D eigenvalue weighted by atomic mass is 15.3. The highest BCUT2D eigenvalue weighted by Gasteiger charge is 2.21. The maximum absolute atomic E-state index is 4.40. The van der Waals surface area contributed by atoms with Crippen molar-refractivity contribution in [3.8, 4) is 0 Å². The SMILES string of the molecule is CC1CCCCCC1Nc1ncnc2c1cnn2C. The fraction of sp³-hybridized carbons (Fsp3) is 0.643. The third-order valence-corrected chi connectivity index (χ3v) is 4.21. The van der Waals surface area contributed by atoms with Gasteiger partial charge in [0.05, 0.1) is 11.6 Å². The van der Waals surface area contributed by atoms with Gasteiger partial charge in [0.25, 0.3) is 0 Å². The quantitative estimate of drug-likeness (QED) is 0.843. The molecule has 0 bridgehead atoms. The predicted octanol–water partition coefficient (Wildman–Crippen LogP) is 2.74. The van der Waals surface area contributed by atoms with E-state index < -0.39 is 0 Å². The van der Waals surface area contributed by atoms with Gasteiger partial charge in [0, 0.05) is 13.1 Å². The Hall–Kier alpha value is -1.65. The molecule has 2 unspecified atom stereocenters. The third kappa shape index (κ3) is 2.41. The summed E-state index contributed by atoms with van der Waals surface area (Å²) in [4.78, 5) is 8.69. The van der Waals surface area contributed by atoms with E-state index in [0.717, 1.165) is 16.9 Å². The number of hydrogen-bond acceptors (Lipinski definition) is 4. The Morgan fingerprint density at radius 1 is 1.21 bits per heavy atom. The first-order chi connectivity index (χ1) is 9.25. The topological polar surface area (TPSA) is 55.6 Å². The number of aryl methyl sites for hydroxylation is 1. The highest BCUT2D eigenvalue weighted by molar-refractivity contribution is 5.86. The van der Waals surface area contributed by atoms with Gasteiger partial charge in [-0.3, -0.25) is 4.68 Å². The van der Waals surface area contributed by atoms with Crippen molar-refractivity contribution in [2.45, 2.75) is 45.1 Å². The van der Waals surface area contributed by atoms with E-state index in [1.54, 1.807) is 11.0 Å². The molecule has 0 saturated heterocycles. The normalized spacial score (nSPS) is 24.3. The van der Waals surface area contributed by atoms with Gasteiger partial charge in [-0.05, 0) is 18.8 Å². The molecule has 0 spiro atoms. The largest absolute Gasteiger partial charge is 0.366 e. The van der Waals surface area contributed by atoms with Gasteiger partial charge in [-0.15, -0.1) is 0 Å². The van der Waals surface area contributed by atoms with E-state index in [9.17, 15) is 0 Å². The van der Waals surface area contributed by atoms with Crippen molar-refractivity contribution in [3.63, 3.8) is 0 Å². The summed E-state index contributed by atoms with van der Waals surface area (Å²) in [5.74, 6) is 1.63. The van der Waals surface area contributed by atoms with Crippen LogP contribution in [-0.2, 0) is 7.05 Å². The lowest BCUT2D eigenvalue weighted by molar-refractivity contribution is 0.456. The molecule has 0 aliphatic heterocycles. The van der Waals surface area contributed by atoms with E-state index in [1.165, 1.54) is 32.1 Å². The van der Waals surface area contributed by atoms with Gasteiger partial charge in [-0.25, -0.2) is 9.97 Å². The van der Waals surface area contributed by atoms with Crippen LogP contribution < -0.4 is 5.32 Å². The van der Waals surface area contributed by atoms with E-state index in [0.29, 0.717) is 12.0 Å². The molecule has 5 heteroatoms. The lowest BCUT2D eigenvalue weighted by Gasteiger charge is -2.23. The van der Waals surface area contributed by atoms with Crippen molar-refractivity contribution in [2.75, 3.05) is 5.32 Å². The Kier molecular flexibility index (Phi) is 3.36. The van der Waals surface area contributed by atoms with Gasteiger partial charge >= 0.3 is 0 Å². The molecule has 5 nitrogen and oxygen atoms in total. The number of aromatic nitrogens is 4. The van der Waals surface area contributed by atoms with Crippen LogP contribution in [0, 0.1) is 5.92 Å². The van der Waals surface area contributed by atoms with E-state index in [2.05, 4.69) is 27.3 Å². The Balaban J connectivity index is 1.88. The fourth-order valence-corrected chi connectivity index (χ4v) is 2.96. The summed E-state index contributed by atoms with van der Waals surface area (Å²) in [6, 6.07) is 0.515. The maximum atomic E-state index is 4.40. The summed E-state index contributed by atoms with van der Waals surface area (Å²) in [7, 11) is 1.91. The Bertz CT molecular complexity index is 562. The van der Waals surface area contributed by atoms with Crippen molar-refractivity contribution >= 4 is 16.9 Å². The second-order valence-corrected chi connectivity index (χ2v) is 5.59. The van der Waals surface area contributed by atoms with Crippen molar-refractivity contribution in [3.05, 3.63) is 12.5 Å². The molecule has 102 valence electrons. The molecule has 1 aliphatic carbocycles. The van der Waals surface area contributed by atoms with Crippen LogP contribution in [0.5, 0.6) is 0 Å². The maximum Gasteiger partial charge on any atom is 0.163 e. The minimum atomic E-state index is 0.515. The van der Waals surface area contributed by atoms with Gasteiger partial charge in [-0.2, -0.15) is 5.10 Å².